The molecule has 0 atom stereocenters. The number of anilines is 1. The monoisotopic (exact) mass is 320 g/mol. The van der Waals surface area contributed by atoms with Gasteiger partial charge in [-0.3, -0.25) is 4.79 Å². The highest BCUT2D eigenvalue weighted by Gasteiger charge is 2.08. The highest BCUT2D eigenvalue weighted by Crippen LogP contribution is 2.20. The SMILES string of the molecule is Cc1ccc(OCCc2nnc(NC(=O)CCN)s2)c(C)c1. The van der Waals surface area contributed by atoms with Crippen molar-refractivity contribution in [3.63, 3.8) is 0 Å². The van der Waals surface area contributed by atoms with Gasteiger partial charge in [-0.05, 0) is 25.5 Å². The van der Waals surface area contributed by atoms with Crippen molar-refractivity contribution in [3.05, 3.63) is 34.3 Å². The van der Waals surface area contributed by atoms with Crippen LogP contribution in [0.15, 0.2) is 18.2 Å². The second-order valence-corrected chi connectivity index (χ2v) is 6.02. The molecule has 0 aliphatic heterocycles. The van der Waals surface area contributed by atoms with Gasteiger partial charge in [0.15, 0.2) is 0 Å². The summed E-state index contributed by atoms with van der Waals surface area (Å²) in [6, 6.07) is 6.09. The smallest absolute Gasteiger partial charge is 0.227 e. The van der Waals surface area contributed by atoms with Gasteiger partial charge in [0.25, 0.3) is 0 Å². The number of carbonyl (C=O) groups is 1. The van der Waals surface area contributed by atoms with E-state index in [0.717, 1.165) is 16.3 Å². The molecule has 7 heteroatoms. The largest absolute Gasteiger partial charge is 0.493 e. The lowest BCUT2D eigenvalue weighted by Gasteiger charge is -2.08. The van der Waals surface area contributed by atoms with Crippen LogP contribution in [0.4, 0.5) is 5.13 Å². The quantitative estimate of drug-likeness (QED) is 0.815. The predicted molar refractivity (Wildman–Crippen MR) is 87.3 cm³/mol. The molecule has 118 valence electrons. The van der Waals surface area contributed by atoms with E-state index in [1.807, 2.05) is 19.1 Å². The molecule has 1 amide bonds. The maximum Gasteiger partial charge on any atom is 0.227 e. The zero-order chi connectivity index (χ0) is 15.9. The van der Waals surface area contributed by atoms with E-state index in [-0.39, 0.29) is 12.3 Å². The molecule has 22 heavy (non-hydrogen) atoms. The van der Waals surface area contributed by atoms with Gasteiger partial charge in [-0.2, -0.15) is 0 Å². The minimum atomic E-state index is -0.142. The van der Waals surface area contributed by atoms with Crippen LogP contribution in [0.2, 0.25) is 0 Å². The van der Waals surface area contributed by atoms with Gasteiger partial charge < -0.3 is 15.8 Å². The van der Waals surface area contributed by atoms with E-state index >= 15 is 0 Å². The molecule has 0 aliphatic rings. The number of hydrogen-bond donors (Lipinski definition) is 2. The maximum absolute atomic E-state index is 11.4. The number of nitrogens with one attached hydrogen (secondary N) is 1. The molecule has 2 aromatic rings. The van der Waals surface area contributed by atoms with Crippen molar-refractivity contribution >= 4 is 22.4 Å². The number of amides is 1. The van der Waals surface area contributed by atoms with E-state index in [1.165, 1.54) is 16.9 Å². The molecule has 0 saturated heterocycles. The van der Waals surface area contributed by atoms with Crippen molar-refractivity contribution in [2.75, 3.05) is 18.5 Å². The number of aromatic nitrogens is 2. The number of carbonyl (C=O) groups excluding carboxylic acids is 1. The zero-order valence-corrected chi connectivity index (χ0v) is 13.6. The number of ether oxygens (including phenoxy) is 1. The van der Waals surface area contributed by atoms with Crippen LogP contribution in [0.1, 0.15) is 22.6 Å². The molecule has 0 saturated carbocycles. The number of nitrogens with two attached hydrogens (primary N) is 1. The van der Waals surface area contributed by atoms with Crippen LogP contribution in [-0.4, -0.2) is 29.3 Å². The molecular weight excluding hydrogens is 300 g/mol. The molecule has 0 radical (unpaired) electrons. The molecule has 0 unspecified atom stereocenters. The molecule has 3 N–H and O–H groups in total. The molecule has 0 aliphatic carbocycles. The molecule has 0 bridgehead atoms. The fourth-order valence-corrected chi connectivity index (χ4v) is 2.66. The Morgan fingerprint density at radius 3 is 2.91 bits per heavy atom. The number of aryl methyl sites for hydroxylation is 2. The Hall–Kier alpha value is -1.99. The third-order valence-electron chi connectivity index (χ3n) is 2.99. The maximum atomic E-state index is 11.4. The summed E-state index contributed by atoms with van der Waals surface area (Å²) in [6.45, 7) is 4.92. The van der Waals surface area contributed by atoms with E-state index in [9.17, 15) is 4.79 Å². The van der Waals surface area contributed by atoms with Gasteiger partial charge >= 0.3 is 0 Å². The summed E-state index contributed by atoms with van der Waals surface area (Å²) in [6.07, 6.45) is 0.933. The van der Waals surface area contributed by atoms with Crippen LogP contribution in [0.3, 0.4) is 0 Å². The predicted octanol–water partition coefficient (Wildman–Crippen LogP) is 2.06. The van der Waals surface area contributed by atoms with Crippen LogP contribution in [0.5, 0.6) is 5.75 Å². The van der Waals surface area contributed by atoms with Crippen LogP contribution in [0.25, 0.3) is 0 Å². The summed E-state index contributed by atoms with van der Waals surface area (Å²) >= 11 is 1.35. The number of rotatable bonds is 7. The normalized spacial score (nSPS) is 10.5. The molecule has 6 nitrogen and oxygen atoms in total. The van der Waals surface area contributed by atoms with Crippen molar-refractivity contribution in [2.24, 2.45) is 5.73 Å². The Bertz CT molecular complexity index is 642. The fraction of sp³-hybridized carbons (Fsp3) is 0.400. The highest BCUT2D eigenvalue weighted by atomic mass is 32.1. The fourth-order valence-electron chi connectivity index (χ4n) is 1.93. The molecule has 2 rings (SSSR count). The molecular formula is C15H20N4O2S. The minimum Gasteiger partial charge on any atom is -0.493 e. The van der Waals surface area contributed by atoms with Crippen molar-refractivity contribution in [2.45, 2.75) is 26.7 Å². The first kappa shape index (κ1) is 16.4. The Kier molecular flexibility index (Phi) is 5.85. The van der Waals surface area contributed by atoms with E-state index < -0.39 is 0 Å². The summed E-state index contributed by atoms with van der Waals surface area (Å²) in [4.78, 5) is 11.4. The van der Waals surface area contributed by atoms with Gasteiger partial charge in [0, 0.05) is 19.4 Å². The van der Waals surface area contributed by atoms with E-state index in [1.54, 1.807) is 0 Å². The average molecular weight is 320 g/mol. The van der Waals surface area contributed by atoms with E-state index in [4.69, 9.17) is 10.5 Å². The molecule has 0 fully saturated rings. The summed E-state index contributed by atoms with van der Waals surface area (Å²) in [5.74, 6) is 0.739. The van der Waals surface area contributed by atoms with Gasteiger partial charge in [0.1, 0.15) is 10.8 Å². The van der Waals surface area contributed by atoms with Gasteiger partial charge in [0.2, 0.25) is 11.0 Å². The van der Waals surface area contributed by atoms with Gasteiger partial charge in [-0.15, -0.1) is 10.2 Å². The van der Waals surface area contributed by atoms with Crippen molar-refractivity contribution in [1.29, 1.82) is 0 Å². The third kappa shape index (κ3) is 4.78. The van der Waals surface area contributed by atoms with Crippen LogP contribution in [0, 0.1) is 13.8 Å². The van der Waals surface area contributed by atoms with Crippen molar-refractivity contribution < 1.29 is 9.53 Å². The summed E-state index contributed by atoms with van der Waals surface area (Å²) < 4.78 is 5.76. The number of hydrogen-bond acceptors (Lipinski definition) is 6. The lowest BCUT2D eigenvalue weighted by atomic mass is 10.1. The zero-order valence-electron chi connectivity index (χ0n) is 12.8. The van der Waals surface area contributed by atoms with E-state index in [0.29, 0.717) is 24.7 Å². The van der Waals surface area contributed by atoms with Crippen LogP contribution >= 0.6 is 11.3 Å². The Morgan fingerprint density at radius 2 is 2.18 bits per heavy atom. The topological polar surface area (TPSA) is 90.1 Å². The Morgan fingerprint density at radius 1 is 1.36 bits per heavy atom. The molecule has 1 aromatic carbocycles. The number of nitrogens with zero attached hydrogens (tertiary/aromatic N) is 2. The average Bonchev–Trinajstić information content (AvgIpc) is 2.89. The second-order valence-electron chi connectivity index (χ2n) is 4.96. The van der Waals surface area contributed by atoms with Crippen LogP contribution in [-0.2, 0) is 11.2 Å². The number of benzene rings is 1. The minimum absolute atomic E-state index is 0.142. The van der Waals surface area contributed by atoms with Gasteiger partial charge in [-0.25, -0.2) is 0 Å². The van der Waals surface area contributed by atoms with Gasteiger partial charge in [0.05, 0.1) is 6.61 Å². The van der Waals surface area contributed by atoms with Gasteiger partial charge in [-0.1, -0.05) is 29.0 Å². The van der Waals surface area contributed by atoms with Crippen LogP contribution < -0.4 is 15.8 Å². The molecule has 1 aromatic heterocycles. The lowest BCUT2D eigenvalue weighted by Crippen LogP contribution is -2.15. The third-order valence-corrected chi connectivity index (χ3v) is 3.89. The van der Waals surface area contributed by atoms with E-state index in [2.05, 4.69) is 28.5 Å². The second kappa shape index (κ2) is 7.86. The first-order valence-electron chi connectivity index (χ1n) is 7.11. The van der Waals surface area contributed by atoms with Crippen molar-refractivity contribution in [3.8, 4) is 5.75 Å². The summed E-state index contributed by atoms with van der Waals surface area (Å²) in [5.41, 5.74) is 7.65. The summed E-state index contributed by atoms with van der Waals surface area (Å²) in [7, 11) is 0. The first-order chi connectivity index (χ1) is 10.6. The Labute approximate surface area is 133 Å². The molecule has 0 spiro atoms. The Balaban J connectivity index is 1.82. The highest BCUT2D eigenvalue weighted by molar-refractivity contribution is 7.15. The molecule has 1 heterocycles. The lowest BCUT2D eigenvalue weighted by molar-refractivity contribution is -0.116. The summed E-state index contributed by atoms with van der Waals surface area (Å²) in [5, 5.41) is 12.0. The van der Waals surface area contributed by atoms with Crippen molar-refractivity contribution in [1.82, 2.24) is 10.2 Å². The first-order valence-corrected chi connectivity index (χ1v) is 7.92. The standard InChI is InChI=1S/C15H20N4O2S/c1-10-3-4-12(11(2)9-10)21-8-6-14-18-19-15(22-14)17-13(20)5-7-16/h3-4,9H,5-8,16H2,1-2H3,(H,17,19,20).